The van der Waals surface area contributed by atoms with E-state index in [2.05, 4.69) is 44.2 Å². The highest BCUT2D eigenvalue weighted by Crippen LogP contribution is 2.33. The molecule has 0 saturated carbocycles. The molecule has 1 unspecified atom stereocenters. The van der Waals surface area contributed by atoms with Crippen LogP contribution >= 0.6 is 0 Å². The predicted molar refractivity (Wildman–Crippen MR) is 76.1 cm³/mol. The fourth-order valence-electron chi connectivity index (χ4n) is 2.58. The lowest BCUT2D eigenvalue weighted by atomic mass is 10.0. The Morgan fingerprint density at radius 2 is 1.84 bits per heavy atom. The normalized spacial score (nSPS) is 16.8. The van der Waals surface area contributed by atoms with Gasteiger partial charge < -0.3 is 9.47 Å². The average Bonchev–Trinajstić information content (AvgIpc) is 2.78. The highest BCUT2D eigenvalue weighted by atomic mass is 16.5. The van der Waals surface area contributed by atoms with Crippen molar-refractivity contribution in [2.24, 2.45) is 0 Å². The van der Waals surface area contributed by atoms with E-state index in [1.165, 1.54) is 16.7 Å². The van der Waals surface area contributed by atoms with Gasteiger partial charge >= 0.3 is 0 Å². The second kappa shape index (κ2) is 4.96. The summed E-state index contributed by atoms with van der Waals surface area (Å²) < 4.78 is 11.6. The van der Waals surface area contributed by atoms with Gasteiger partial charge in [-0.2, -0.15) is 0 Å². The molecule has 0 amide bonds. The molecule has 0 fully saturated rings. The highest BCUT2D eigenvalue weighted by Gasteiger charge is 2.24. The summed E-state index contributed by atoms with van der Waals surface area (Å²) in [5.74, 6) is 2.27. The minimum atomic E-state index is 0.331. The average molecular weight is 254 g/mol. The van der Waals surface area contributed by atoms with Gasteiger partial charge in [-0.15, -0.1) is 0 Å². The summed E-state index contributed by atoms with van der Waals surface area (Å²) in [5.41, 5.74) is 3.73. The molecule has 0 N–H and O–H groups in total. The molecule has 2 aromatic carbocycles. The van der Waals surface area contributed by atoms with Crippen molar-refractivity contribution >= 4 is 0 Å². The number of hydrogen-bond donors (Lipinski definition) is 0. The number of benzene rings is 2. The minimum Gasteiger partial charge on any atom is -0.493 e. The number of ether oxygens (including phenoxy) is 2. The molecule has 1 aliphatic heterocycles. The van der Waals surface area contributed by atoms with Crippen molar-refractivity contribution in [1.82, 2.24) is 0 Å². The van der Waals surface area contributed by atoms with Crippen LogP contribution in [-0.4, -0.2) is 13.2 Å². The number of fused-ring (bicyclic) bond motifs is 1. The number of para-hydroxylation sites is 1. The zero-order valence-corrected chi connectivity index (χ0v) is 11.3. The first-order valence-electron chi connectivity index (χ1n) is 6.65. The lowest BCUT2D eigenvalue weighted by Crippen LogP contribution is -2.11. The molecular formula is C17H18O2. The van der Waals surface area contributed by atoms with Crippen molar-refractivity contribution in [3.63, 3.8) is 0 Å². The lowest BCUT2D eigenvalue weighted by molar-refractivity contribution is 0.248. The Bertz CT molecular complexity index is 569. The first kappa shape index (κ1) is 12.1. The van der Waals surface area contributed by atoms with E-state index in [-0.39, 0.29) is 0 Å². The van der Waals surface area contributed by atoms with Gasteiger partial charge in [0.1, 0.15) is 11.5 Å². The largest absolute Gasteiger partial charge is 0.493 e. The van der Waals surface area contributed by atoms with Gasteiger partial charge in [0.25, 0.3) is 0 Å². The van der Waals surface area contributed by atoms with Crippen LogP contribution in [0.15, 0.2) is 42.5 Å². The van der Waals surface area contributed by atoms with Crippen molar-refractivity contribution in [1.29, 1.82) is 0 Å². The third-order valence-corrected chi connectivity index (χ3v) is 3.45. The molecule has 0 spiro atoms. The molecule has 0 aliphatic carbocycles. The van der Waals surface area contributed by atoms with Crippen molar-refractivity contribution in [2.45, 2.75) is 19.8 Å². The van der Waals surface area contributed by atoms with Crippen LogP contribution in [0.2, 0.25) is 0 Å². The van der Waals surface area contributed by atoms with Gasteiger partial charge in [-0.1, -0.05) is 24.3 Å². The summed E-state index contributed by atoms with van der Waals surface area (Å²) in [4.78, 5) is 0. The summed E-state index contributed by atoms with van der Waals surface area (Å²) in [6.45, 7) is 5.56. The Labute approximate surface area is 114 Å². The van der Waals surface area contributed by atoms with Gasteiger partial charge in [0.15, 0.2) is 0 Å². The van der Waals surface area contributed by atoms with Gasteiger partial charge in [-0.05, 0) is 43.2 Å². The van der Waals surface area contributed by atoms with Gasteiger partial charge in [-0.25, -0.2) is 0 Å². The second-order valence-electron chi connectivity index (χ2n) is 5.18. The zero-order chi connectivity index (χ0) is 13.2. The summed E-state index contributed by atoms with van der Waals surface area (Å²) >= 11 is 0. The molecule has 3 rings (SSSR count). The molecule has 2 heteroatoms. The highest BCUT2D eigenvalue weighted by molar-refractivity contribution is 5.40. The molecule has 2 nitrogen and oxygen atoms in total. The van der Waals surface area contributed by atoms with Crippen LogP contribution in [0.4, 0.5) is 0 Å². The van der Waals surface area contributed by atoms with E-state index in [0.29, 0.717) is 19.1 Å². The van der Waals surface area contributed by atoms with E-state index in [9.17, 15) is 0 Å². The van der Waals surface area contributed by atoms with Crippen molar-refractivity contribution in [3.05, 3.63) is 59.2 Å². The number of aryl methyl sites for hydroxylation is 2. The molecule has 0 radical (unpaired) electrons. The van der Waals surface area contributed by atoms with Gasteiger partial charge in [0.2, 0.25) is 0 Å². The first-order valence-corrected chi connectivity index (χ1v) is 6.65. The van der Waals surface area contributed by atoms with E-state index in [1.807, 2.05) is 12.1 Å². The minimum absolute atomic E-state index is 0.331. The second-order valence-corrected chi connectivity index (χ2v) is 5.18. The van der Waals surface area contributed by atoms with E-state index in [0.717, 1.165) is 11.5 Å². The molecule has 1 atom stereocenters. The maximum absolute atomic E-state index is 5.93. The molecule has 1 aliphatic rings. The summed E-state index contributed by atoms with van der Waals surface area (Å²) in [6.07, 6.45) is 0. The van der Waals surface area contributed by atoms with E-state index < -0.39 is 0 Å². The monoisotopic (exact) mass is 254 g/mol. The molecular weight excluding hydrogens is 236 g/mol. The molecule has 98 valence electrons. The third-order valence-electron chi connectivity index (χ3n) is 3.45. The SMILES string of the molecule is Cc1cc(C)cc(OCC2COc3ccccc32)c1. The van der Waals surface area contributed by atoms with E-state index >= 15 is 0 Å². The van der Waals surface area contributed by atoms with Crippen LogP contribution in [0, 0.1) is 13.8 Å². The molecule has 0 bridgehead atoms. The Hall–Kier alpha value is -1.96. The molecule has 2 aromatic rings. The Balaban J connectivity index is 1.70. The Morgan fingerprint density at radius 1 is 1.11 bits per heavy atom. The fourth-order valence-corrected chi connectivity index (χ4v) is 2.58. The van der Waals surface area contributed by atoms with Crippen LogP contribution in [0.5, 0.6) is 11.5 Å². The number of rotatable bonds is 3. The van der Waals surface area contributed by atoms with Crippen LogP contribution in [-0.2, 0) is 0 Å². The fraction of sp³-hybridized carbons (Fsp3) is 0.294. The zero-order valence-electron chi connectivity index (χ0n) is 11.3. The number of hydrogen-bond acceptors (Lipinski definition) is 2. The molecule has 0 saturated heterocycles. The third kappa shape index (κ3) is 2.58. The first-order chi connectivity index (χ1) is 9.22. The lowest BCUT2D eigenvalue weighted by Gasteiger charge is -2.12. The Morgan fingerprint density at radius 3 is 2.63 bits per heavy atom. The van der Waals surface area contributed by atoms with Crippen LogP contribution in [0.3, 0.4) is 0 Å². The van der Waals surface area contributed by atoms with Crippen molar-refractivity contribution in [3.8, 4) is 11.5 Å². The summed E-state index contributed by atoms with van der Waals surface area (Å²) in [7, 11) is 0. The molecule has 1 heterocycles. The smallest absolute Gasteiger partial charge is 0.123 e. The van der Waals surface area contributed by atoms with Crippen molar-refractivity contribution in [2.75, 3.05) is 13.2 Å². The maximum atomic E-state index is 5.93. The molecule has 19 heavy (non-hydrogen) atoms. The van der Waals surface area contributed by atoms with Crippen LogP contribution < -0.4 is 9.47 Å². The standard InChI is InChI=1S/C17H18O2/c1-12-7-13(2)9-15(8-12)18-10-14-11-19-17-6-4-3-5-16(14)17/h3-9,14H,10-11H2,1-2H3. The van der Waals surface area contributed by atoms with E-state index in [4.69, 9.17) is 9.47 Å². The maximum Gasteiger partial charge on any atom is 0.123 e. The topological polar surface area (TPSA) is 18.5 Å². The van der Waals surface area contributed by atoms with Crippen LogP contribution in [0.1, 0.15) is 22.6 Å². The Kier molecular flexibility index (Phi) is 3.16. The molecule has 0 aromatic heterocycles. The quantitative estimate of drug-likeness (QED) is 0.828. The van der Waals surface area contributed by atoms with Gasteiger partial charge in [0.05, 0.1) is 19.1 Å². The van der Waals surface area contributed by atoms with Gasteiger partial charge in [-0.3, -0.25) is 0 Å². The summed E-state index contributed by atoms with van der Waals surface area (Å²) in [5, 5.41) is 0. The van der Waals surface area contributed by atoms with Crippen LogP contribution in [0.25, 0.3) is 0 Å². The van der Waals surface area contributed by atoms with Crippen molar-refractivity contribution < 1.29 is 9.47 Å². The van der Waals surface area contributed by atoms with Gasteiger partial charge in [0, 0.05) is 5.56 Å². The van der Waals surface area contributed by atoms with E-state index in [1.54, 1.807) is 0 Å². The predicted octanol–water partition coefficient (Wildman–Crippen LogP) is 3.86. The summed E-state index contributed by atoms with van der Waals surface area (Å²) in [6, 6.07) is 14.5.